The van der Waals surface area contributed by atoms with Crippen molar-refractivity contribution in [2.45, 2.75) is 38.0 Å². The maximum atomic E-state index is 14.7. The number of nitrogens with two attached hydrogens (primary N) is 2. The number of amides is 1. The van der Waals surface area contributed by atoms with E-state index < -0.39 is 17.5 Å². The topological polar surface area (TPSA) is 125 Å². The van der Waals surface area contributed by atoms with Crippen molar-refractivity contribution in [3.05, 3.63) is 66.0 Å². The Kier molecular flexibility index (Phi) is 7.09. The van der Waals surface area contributed by atoms with Crippen LogP contribution in [0, 0.1) is 5.82 Å². The molecule has 0 spiro atoms. The molecule has 194 valence electrons. The molecule has 1 amide bonds. The van der Waals surface area contributed by atoms with E-state index in [1.807, 2.05) is 0 Å². The van der Waals surface area contributed by atoms with Crippen LogP contribution in [0.15, 0.2) is 49.1 Å². The molecule has 1 saturated heterocycles. The number of hydrazine groups is 1. The van der Waals surface area contributed by atoms with Crippen LogP contribution in [0.5, 0.6) is 0 Å². The molecule has 0 unspecified atom stereocenters. The van der Waals surface area contributed by atoms with Gasteiger partial charge in [-0.05, 0) is 30.4 Å². The van der Waals surface area contributed by atoms with Crippen LogP contribution < -0.4 is 21.5 Å². The molecule has 3 aromatic rings. The lowest BCUT2D eigenvalue weighted by Gasteiger charge is -2.38. The Bertz CT molecular complexity index is 1320. The summed E-state index contributed by atoms with van der Waals surface area (Å²) in [6.45, 7) is 2.09. The molecule has 1 saturated carbocycles. The molecule has 2 fully saturated rings. The average molecular weight is 506 g/mol. The normalized spacial score (nSPS) is 17.0. The molecule has 0 bridgehead atoms. The van der Waals surface area contributed by atoms with E-state index in [2.05, 4.69) is 39.1 Å². The first-order valence-corrected chi connectivity index (χ1v) is 12.7. The molecule has 9 nitrogen and oxygen atoms in total. The second-order valence-electron chi connectivity index (χ2n) is 9.63. The van der Waals surface area contributed by atoms with Gasteiger partial charge in [-0.25, -0.2) is 15.2 Å². The molecule has 1 aromatic carbocycles. The van der Waals surface area contributed by atoms with Gasteiger partial charge in [0.25, 0.3) is 11.7 Å². The number of ketones is 1. The smallest absolute Gasteiger partial charge is 0.295 e. The number of halogens is 1. The van der Waals surface area contributed by atoms with E-state index in [0.717, 1.165) is 11.2 Å². The number of pyridine rings is 1. The highest BCUT2D eigenvalue weighted by Gasteiger charge is 2.31. The Labute approximate surface area is 214 Å². The number of carbonyl (C=O) groups excluding carboxylic acids is 2. The van der Waals surface area contributed by atoms with Crippen molar-refractivity contribution in [3.8, 4) is 0 Å². The van der Waals surface area contributed by atoms with Gasteiger partial charge in [0.05, 0.1) is 22.7 Å². The summed E-state index contributed by atoms with van der Waals surface area (Å²) in [7, 11) is 0. The summed E-state index contributed by atoms with van der Waals surface area (Å²) in [4.78, 5) is 37.1. The molecule has 5 N–H and O–H groups in total. The van der Waals surface area contributed by atoms with Crippen molar-refractivity contribution in [3.63, 3.8) is 0 Å². The van der Waals surface area contributed by atoms with Crippen LogP contribution in [0.3, 0.4) is 0 Å². The maximum Gasteiger partial charge on any atom is 0.295 e. The van der Waals surface area contributed by atoms with Crippen molar-refractivity contribution in [1.29, 1.82) is 0 Å². The molecule has 37 heavy (non-hydrogen) atoms. The summed E-state index contributed by atoms with van der Waals surface area (Å²) in [5.74, 6) is 4.52. The number of nitrogens with one attached hydrogen (secondary N) is 1. The Morgan fingerprint density at radius 1 is 1.11 bits per heavy atom. The van der Waals surface area contributed by atoms with Crippen molar-refractivity contribution in [1.82, 2.24) is 14.9 Å². The average Bonchev–Trinajstić information content (AvgIpc) is 3.39. The molecule has 10 heteroatoms. The summed E-state index contributed by atoms with van der Waals surface area (Å²) in [5, 5.41) is 1.09. The number of para-hydroxylation sites is 1. The van der Waals surface area contributed by atoms with Crippen LogP contribution in [0.4, 0.5) is 15.9 Å². The number of carbonyl (C=O) groups is 2. The van der Waals surface area contributed by atoms with Crippen LogP contribution in [0.25, 0.3) is 10.9 Å². The predicted molar refractivity (Wildman–Crippen MR) is 141 cm³/mol. The summed E-state index contributed by atoms with van der Waals surface area (Å²) in [6.07, 6.45) is 11.1. The second kappa shape index (κ2) is 10.6. The van der Waals surface area contributed by atoms with Gasteiger partial charge in [0.2, 0.25) is 0 Å². The third-order valence-corrected chi connectivity index (χ3v) is 7.46. The SMILES string of the molecule is N/C=C\N(N)c1ncc(F)c2c(C(=O)C(=O)N3CCN(c4ccccc4C4CCCCC4)CC3)c[nH]c12. The van der Waals surface area contributed by atoms with Gasteiger partial charge in [0.1, 0.15) is 0 Å². The van der Waals surface area contributed by atoms with Crippen LogP contribution >= 0.6 is 0 Å². The number of rotatable bonds is 6. The quantitative estimate of drug-likeness (QED) is 0.203. The zero-order valence-electron chi connectivity index (χ0n) is 20.7. The number of Topliss-reactive ketones (excluding diaryl/α,β-unsaturated/α-hetero) is 1. The number of anilines is 2. The van der Waals surface area contributed by atoms with Gasteiger partial charge < -0.3 is 20.5 Å². The van der Waals surface area contributed by atoms with Gasteiger partial charge in [-0.3, -0.25) is 14.6 Å². The largest absolute Gasteiger partial charge is 0.403 e. The van der Waals surface area contributed by atoms with Gasteiger partial charge >= 0.3 is 0 Å². The Balaban J connectivity index is 1.31. The molecule has 1 aliphatic heterocycles. The Hall–Kier alpha value is -3.92. The zero-order valence-corrected chi connectivity index (χ0v) is 20.7. The second-order valence-corrected chi connectivity index (χ2v) is 9.63. The molecule has 2 aromatic heterocycles. The van der Waals surface area contributed by atoms with E-state index in [1.54, 1.807) is 4.90 Å². The first-order chi connectivity index (χ1) is 18.0. The predicted octanol–water partition coefficient (Wildman–Crippen LogP) is 3.39. The molecule has 2 aliphatic rings. The highest BCUT2D eigenvalue weighted by atomic mass is 19.1. The van der Waals surface area contributed by atoms with Crippen LogP contribution in [-0.2, 0) is 4.79 Å². The summed E-state index contributed by atoms with van der Waals surface area (Å²) < 4.78 is 14.7. The number of benzene rings is 1. The number of hydrogen-bond donors (Lipinski definition) is 3. The molecular formula is C27H32FN7O2. The van der Waals surface area contributed by atoms with Gasteiger partial charge in [0.15, 0.2) is 11.6 Å². The van der Waals surface area contributed by atoms with Crippen molar-refractivity contribution in [2.75, 3.05) is 36.1 Å². The number of hydrogen-bond acceptors (Lipinski definition) is 7. The van der Waals surface area contributed by atoms with Gasteiger partial charge in [-0.15, -0.1) is 0 Å². The molecule has 3 heterocycles. The Morgan fingerprint density at radius 2 is 1.84 bits per heavy atom. The number of aromatic amines is 1. The van der Waals surface area contributed by atoms with Crippen LogP contribution in [0.1, 0.15) is 53.9 Å². The zero-order chi connectivity index (χ0) is 25.9. The number of piperazine rings is 1. The van der Waals surface area contributed by atoms with E-state index in [4.69, 9.17) is 11.6 Å². The summed E-state index contributed by atoms with van der Waals surface area (Å²) >= 11 is 0. The first-order valence-electron chi connectivity index (χ1n) is 12.7. The highest BCUT2D eigenvalue weighted by Crippen LogP contribution is 2.38. The van der Waals surface area contributed by atoms with E-state index in [-0.39, 0.29) is 22.3 Å². The lowest BCUT2D eigenvalue weighted by molar-refractivity contribution is -0.126. The molecule has 0 radical (unpaired) electrons. The third-order valence-electron chi connectivity index (χ3n) is 7.46. The fourth-order valence-corrected chi connectivity index (χ4v) is 5.58. The highest BCUT2D eigenvalue weighted by molar-refractivity contribution is 6.45. The minimum Gasteiger partial charge on any atom is -0.403 e. The van der Waals surface area contributed by atoms with E-state index in [1.165, 1.54) is 62.0 Å². The minimum atomic E-state index is -0.767. The fraction of sp³-hybridized carbons (Fsp3) is 0.370. The number of aromatic nitrogens is 2. The number of fused-ring (bicyclic) bond motifs is 1. The molecular weight excluding hydrogens is 473 g/mol. The van der Waals surface area contributed by atoms with E-state index >= 15 is 0 Å². The van der Waals surface area contributed by atoms with Gasteiger partial charge in [-0.2, -0.15) is 0 Å². The molecule has 1 aliphatic carbocycles. The first kappa shape index (κ1) is 24.8. The van der Waals surface area contributed by atoms with E-state index in [0.29, 0.717) is 32.1 Å². The van der Waals surface area contributed by atoms with Crippen molar-refractivity contribution in [2.24, 2.45) is 11.6 Å². The minimum absolute atomic E-state index is 0.0238. The molecule has 5 rings (SSSR count). The van der Waals surface area contributed by atoms with Crippen molar-refractivity contribution < 1.29 is 14.0 Å². The monoisotopic (exact) mass is 505 g/mol. The number of H-pyrrole nitrogens is 1. The van der Waals surface area contributed by atoms with Crippen LogP contribution in [-0.4, -0.2) is 52.7 Å². The van der Waals surface area contributed by atoms with E-state index in [9.17, 15) is 14.0 Å². The summed E-state index contributed by atoms with van der Waals surface area (Å²) in [5.41, 5.74) is 8.16. The summed E-state index contributed by atoms with van der Waals surface area (Å²) in [6, 6.07) is 8.55. The van der Waals surface area contributed by atoms with Crippen molar-refractivity contribution >= 4 is 34.1 Å². The van der Waals surface area contributed by atoms with Gasteiger partial charge in [0, 0.05) is 50.5 Å². The maximum absolute atomic E-state index is 14.7. The molecule has 0 atom stereocenters. The lowest BCUT2D eigenvalue weighted by atomic mass is 9.83. The number of nitrogens with zero attached hydrogens (tertiary/aromatic N) is 4. The lowest BCUT2D eigenvalue weighted by Crippen LogP contribution is -2.51. The van der Waals surface area contributed by atoms with Crippen LogP contribution in [0.2, 0.25) is 0 Å². The fourth-order valence-electron chi connectivity index (χ4n) is 5.58. The third kappa shape index (κ3) is 4.76. The standard InChI is InChI=1S/C27H32FN7O2/c28-21-17-32-26(35(30)11-10-29)24-23(21)20(16-31-24)25(36)27(37)34-14-12-33(13-15-34)22-9-5-4-8-19(22)18-6-2-1-3-7-18/h4-5,8-11,16-18,31H,1-3,6-7,12-15,29-30H2/b11-10-. The van der Waals surface area contributed by atoms with Gasteiger partial charge in [-0.1, -0.05) is 37.5 Å². The Morgan fingerprint density at radius 3 is 2.57 bits per heavy atom.